The van der Waals surface area contributed by atoms with Crippen molar-refractivity contribution in [3.05, 3.63) is 28.6 Å². The van der Waals surface area contributed by atoms with Crippen molar-refractivity contribution in [2.45, 2.75) is 19.3 Å². The minimum atomic E-state index is 0.702. The van der Waals surface area contributed by atoms with Crippen LogP contribution in [0.25, 0.3) is 10.9 Å². The van der Waals surface area contributed by atoms with Gasteiger partial charge in [0.05, 0.1) is 5.52 Å². The highest BCUT2D eigenvalue weighted by Gasteiger charge is 2.17. The van der Waals surface area contributed by atoms with Gasteiger partial charge in [-0.3, -0.25) is 0 Å². The average molecular weight is 218 g/mol. The Morgan fingerprint density at radius 1 is 1.47 bits per heavy atom. The molecule has 1 fully saturated rings. The number of nitrogens with one attached hydrogen (secondary N) is 1. The van der Waals surface area contributed by atoms with Gasteiger partial charge in [-0.05, 0) is 55.0 Å². The number of hydrogen-bond donors (Lipinski definition) is 1. The monoisotopic (exact) mass is 218 g/mol. The van der Waals surface area contributed by atoms with Crippen LogP contribution in [0.1, 0.15) is 22.8 Å². The zero-order valence-electron chi connectivity index (χ0n) is 8.79. The molecule has 1 unspecified atom stereocenters. The molecule has 1 aromatic carbocycles. The molecule has 2 aromatic rings. The van der Waals surface area contributed by atoms with Gasteiger partial charge in [-0.2, -0.15) is 4.37 Å². The first kappa shape index (κ1) is 9.31. The van der Waals surface area contributed by atoms with E-state index in [4.69, 9.17) is 0 Å². The van der Waals surface area contributed by atoms with E-state index in [0.29, 0.717) is 5.92 Å². The van der Waals surface area contributed by atoms with Crippen molar-refractivity contribution in [2.75, 3.05) is 13.1 Å². The summed E-state index contributed by atoms with van der Waals surface area (Å²) < 4.78 is 4.41. The van der Waals surface area contributed by atoms with Crippen molar-refractivity contribution < 1.29 is 0 Å². The summed E-state index contributed by atoms with van der Waals surface area (Å²) in [6, 6.07) is 6.72. The number of aryl methyl sites for hydroxylation is 1. The van der Waals surface area contributed by atoms with Crippen molar-refractivity contribution in [1.82, 2.24) is 9.69 Å². The van der Waals surface area contributed by atoms with Gasteiger partial charge >= 0.3 is 0 Å². The third-order valence-electron chi connectivity index (χ3n) is 3.21. The van der Waals surface area contributed by atoms with Crippen molar-refractivity contribution >= 4 is 22.4 Å². The van der Waals surface area contributed by atoms with Gasteiger partial charge < -0.3 is 5.32 Å². The van der Waals surface area contributed by atoms with E-state index < -0.39 is 0 Å². The predicted molar refractivity (Wildman–Crippen MR) is 64.6 cm³/mol. The summed E-state index contributed by atoms with van der Waals surface area (Å²) in [7, 11) is 0. The van der Waals surface area contributed by atoms with E-state index in [-0.39, 0.29) is 0 Å². The van der Waals surface area contributed by atoms with Gasteiger partial charge in [-0.15, -0.1) is 0 Å². The molecule has 0 amide bonds. The lowest BCUT2D eigenvalue weighted by molar-refractivity contribution is 0.764. The average Bonchev–Trinajstić information content (AvgIpc) is 2.88. The topological polar surface area (TPSA) is 24.9 Å². The Morgan fingerprint density at radius 2 is 2.40 bits per heavy atom. The maximum atomic E-state index is 4.41. The normalized spacial score (nSPS) is 21.3. The molecule has 78 valence electrons. The number of aromatic nitrogens is 1. The molecule has 1 aliphatic heterocycles. The largest absolute Gasteiger partial charge is 0.316 e. The summed E-state index contributed by atoms with van der Waals surface area (Å²) in [4.78, 5) is 1.33. The van der Waals surface area contributed by atoms with Crippen LogP contribution in [-0.2, 0) is 0 Å². The second-order valence-electron chi connectivity index (χ2n) is 4.21. The fourth-order valence-corrected chi connectivity index (χ4v) is 2.93. The molecule has 0 saturated carbocycles. The van der Waals surface area contributed by atoms with Gasteiger partial charge in [0, 0.05) is 16.8 Å². The van der Waals surface area contributed by atoms with Gasteiger partial charge in [-0.25, -0.2) is 0 Å². The highest BCUT2D eigenvalue weighted by Crippen LogP contribution is 2.28. The fraction of sp³-hybridized carbons (Fsp3) is 0.417. The molecule has 2 nitrogen and oxygen atoms in total. The van der Waals surface area contributed by atoms with E-state index in [9.17, 15) is 0 Å². The highest BCUT2D eigenvalue weighted by atomic mass is 32.1. The Bertz CT molecular complexity index is 483. The molecule has 1 aromatic heterocycles. The molecular weight excluding hydrogens is 204 g/mol. The number of benzene rings is 1. The van der Waals surface area contributed by atoms with Gasteiger partial charge in [0.25, 0.3) is 0 Å². The Morgan fingerprint density at radius 3 is 3.20 bits per heavy atom. The molecule has 1 aliphatic rings. The molecule has 0 bridgehead atoms. The van der Waals surface area contributed by atoms with Crippen molar-refractivity contribution in [1.29, 1.82) is 0 Å². The lowest BCUT2D eigenvalue weighted by atomic mass is 9.97. The number of rotatable bonds is 1. The van der Waals surface area contributed by atoms with Crippen LogP contribution in [0, 0.1) is 6.92 Å². The van der Waals surface area contributed by atoms with E-state index >= 15 is 0 Å². The minimum absolute atomic E-state index is 0.702. The van der Waals surface area contributed by atoms with Crippen LogP contribution < -0.4 is 5.32 Å². The summed E-state index contributed by atoms with van der Waals surface area (Å²) in [5.74, 6) is 0.702. The van der Waals surface area contributed by atoms with Crippen LogP contribution in [0.4, 0.5) is 0 Å². The molecule has 1 atom stereocenters. The highest BCUT2D eigenvalue weighted by molar-refractivity contribution is 7.07. The summed E-state index contributed by atoms with van der Waals surface area (Å²) in [6.45, 7) is 4.43. The molecule has 0 radical (unpaired) electrons. The Hall–Kier alpha value is -0.930. The van der Waals surface area contributed by atoms with E-state index in [1.54, 1.807) is 11.5 Å². The minimum Gasteiger partial charge on any atom is -0.316 e. The van der Waals surface area contributed by atoms with Crippen LogP contribution in [-0.4, -0.2) is 17.5 Å². The zero-order chi connectivity index (χ0) is 10.3. The van der Waals surface area contributed by atoms with Crippen molar-refractivity contribution in [3.63, 3.8) is 0 Å². The molecule has 1 N–H and O–H groups in total. The van der Waals surface area contributed by atoms with Crippen LogP contribution in [0.3, 0.4) is 0 Å². The van der Waals surface area contributed by atoms with Crippen LogP contribution in [0.15, 0.2) is 18.2 Å². The van der Waals surface area contributed by atoms with E-state index in [0.717, 1.165) is 18.6 Å². The summed E-state index contributed by atoms with van der Waals surface area (Å²) in [5.41, 5.74) is 2.61. The number of hydrogen-bond acceptors (Lipinski definition) is 3. The maximum absolute atomic E-state index is 4.41. The van der Waals surface area contributed by atoms with Gasteiger partial charge in [0.15, 0.2) is 0 Å². The third kappa shape index (κ3) is 1.56. The lowest BCUT2D eigenvalue weighted by Crippen LogP contribution is -2.07. The first-order valence-electron chi connectivity index (χ1n) is 5.41. The Kier molecular flexibility index (Phi) is 2.22. The van der Waals surface area contributed by atoms with E-state index in [2.05, 4.69) is 34.8 Å². The molecule has 2 heterocycles. The molecule has 0 aliphatic carbocycles. The van der Waals surface area contributed by atoms with E-state index in [1.165, 1.54) is 22.2 Å². The van der Waals surface area contributed by atoms with Crippen molar-refractivity contribution in [2.24, 2.45) is 0 Å². The van der Waals surface area contributed by atoms with Gasteiger partial charge in [0.1, 0.15) is 0 Å². The van der Waals surface area contributed by atoms with Crippen LogP contribution in [0.2, 0.25) is 0 Å². The third-order valence-corrected chi connectivity index (χ3v) is 3.99. The maximum Gasteiger partial charge on any atom is 0.0843 e. The first-order valence-corrected chi connectivity index (χ1v) is 6.18. The van der Waals surface area contributed by atoms with Crippen molar-refractivity contribution in [3.8, 4) is 0 Å². The Balaban J connectivity index is 2.08. The zero-order valence-corrected chi connectivity index (χ0v) is 9.60. The lowest BCUT2D eigenvalue weighted by Gasteiger charge is -2.08. The van der Waals surface area contributed by atoms with Crippen LogP contribution in [0.5, 0.6) is 0 Å². The smallest absolute Gasteiger partial charge is 0.0843 e. The Labute approximate surface area is 93.5 Å². The second-order valence-corrected chi connectivity index (χ2v) is 5.18. The molecule has 0 spiro atoms. The van der Waals surface area contributed by atoms with E-state index in [1.807, 2.05) is 0 Å². The SMILES string of the molecule is Cc1snc2ccc(C3CCNC3)cc12. The van der Waals surface area contributed by atoms with Crippen LogP contribution >= 0.6 is 11.5 Å². The quantitative estimate of drug-likeness (QED) is 0.796. The number of nitrogens with zero attached hydrogens (tertiary/aromatic N) is 1. The fourth-order valence-electron chi connectivity index (χ4n) is 2.28. The summed E-state index contributed by atoms with van der Waals surface area (Å²) >= 11 is 1.60. The second kappa shape index (κ2) is 3.58. The molecular formula is C12H14N2S. The molecule has 15 heavy (non-hydrogen) atoms. The standard InChI is InChI=1S/C12H14N2S/c1-8-11-6-9(10-4-5-13-7-10)2-3-12(11)14-15-8/h2-3,6,10,13H,4-5,7H2,1H3. The number of fused-ring (bicyclic) bond motifs is 1. The first-order chi connectivity index (χ1) is 7.34. The predicted octanol–water partition coefficient (Wildman–Crippen LogP) is 2.68. The molecule has 1 saturated heterocycles. The van der Waals surface area contributed by atoms with Gasteiger partial charge in [0.2, 0.25) is 0 Å². The molecule has 3 heteroatoms. The molecule has 3 rings (SSSR count). The summed E-state index contributed by atoms with van der Waals surface area (Å²) in [6.07, 6.45) is 1.27. The summed E-state index contributed by atoms with van der Waals surface area (Å²) in [5, 5.41) is 4.75. The van der Waals surface area contributed by atoms with Gasteiger partial charge in [-0.1, -0.05) is 6.07 Å².